The van der Waals surface area contributed by atoms with E-state index in [9.17, 15) is 23.1 Å². The van der Waals surface area contributed by atoms with Crippen LogP contribution in [-0.2, 0) is 24.4 Å². The second-order valence-corrected chi connectivity index (χ2v) is 5.70. The number of aliphatic carboxylic acids is 1. The van der Waals surface area contributed by atoms with E-state index in [-0.39, 0.29) is 42.1 Å². The van der Waals surface area contributed by atoms with E-state index in [0.717, 1.165) is 12.8 Å². The molecule has 7 nitrogen and oxygen atoms in total. The molecule has 1 N–H and O–H groups in total. The molecule has 0 bridgehead atoms. The maximum atomic E-state index is 11.4. The second-order valence-electron chi connectivity index (χ2n) is 4.10. The molecule has 0 saturated heterocycles. The smallest absolute Gasteiger partial charge is 0.550 e. The summed E-state index contributed by atoms with van der Waals surface area (Å²) in [6.07, 6.45) is 0.531. The van der Waals surface area contributed by atoms with Gasteiger partial charge in [0.05, 0.1) is 6.61 Å². The molecule has 0 radical (unpaired) electrons. The molecule has 0 aliphatic rings. The van der Waals surface area contributed by atoms with Gasteiger partial charge in [0.2, 0.25) is 0 Å². The third kappa shape index (κ3) is 9.39. The summed E-state index contributed by atoms with van der Waals surface area (Å²) in [7, 11) is -4.81. The van der Waals surface area contributed by atoms with Crippen LogP contribution in [0.5, 0.6) is 0 Å². The molecule has 0 aromatic carbocycles. The first-order valence-corrected chi connectivity index (χ1v) is 7.01. The van der Waals surface area contributed by atoms with Gasteiger partial charge in [-0.05, 0) is 12.3 Å². The number of carbonyl (C=O) groups is 2. The van der Waals surface area contributed by atoms with Crippen LogP contribution in [0, 0.1) is 5.92 Å². The molecule has 0 fully saturated rings. The number of carboxylic acid groups (broad SMARTS) is 1. The summed E-state index contributed by atoms with van der Waals surface area (Å²) >= 11 is 0. The molecule has 0 amide bonds. The first kappa shape index (κ1) is 21.2. The van der Waals surface area contributed by atoms with Crippen molar-refractivity contribution in [2.75, 3.05) is 6.61 Å². The Labute approximate surface area is 134 Å². The van der Waals surface area contributed by atoms with Crippen molar-refractivity contribution in [2.24, 2.45) is 5.92 Å². The molecule has 0 spiro atoms. The van der Waals surface area contributed by atoms with Gasteiger partial charge in [-0.1, -0.05) is 20.3 Å². The zero-order chi connectivity index (χ0) is 14.3. The van der Waals surface area contributed by atoms with E-state index < -0.39 is 33.7 Å². The van der Waals surface area contributed by atoms with E-state index in [1.54, 1.807) is 6.92 Å². The number of hydrogen-bond acceptors (Lipinski definition) is 6. The van der Waals surface area contributed by atoms with Crippen molar-refractivity contribution in [3.8, 4) is 0 Å². The molecule has 2 unspecified atom stereocenters. The Morgan fingerprint density at radius 3 is 2.26 bits per heavy atom. The van der Waals surface area contributed by atoms with E-state index in [0.29, 0.717) is 0 Å². The van der Waals surface area contributed by atoms with Gasteiger partial charge in [0, 0.05) is 12.4 Å². The normalized spacial score (nSPS) is 14.1. The fraction of sp³-hybridized carbons (Fsp3) is 0.800. The number of ether oxygens (including phenoxy) is 1. The van der Waals surface area contributed by atoms with E-state index in [4.69, 9.17) is 4.55 Å². The van der Waals surface area contributed by atoms with Gasteiger partial charge >= 0.3 is 35.5 Å². The van der Waals surface area contributed by atoms with E-state index in [2.05, 4.69) is 4.74 Å². The van der Waals surface area contributed by atoms with Gasteiger partial charge in [0.1, 0.15) is 0 Å². The number of carbonyl (C=O) groups excluding carboxylic acids is 2. The molecule has 0 aromatic rings. The van der Waals surface area contributed by atoms with Crippen LogP contribution < -0.4 is 34.7 Å². The summed E-state index contributed by atoms with van der Waals surface area (Å²) in [5.74, 6) is -3.00. The van der Waals surface area contributed by atoms with Crippen molar-refractivity contribution in [1.82, 2.24) is 0 Å². The van der Waals surface area contributed by atoms with Crippen molar-refractivity contribution < 1.29 is 62.0 Å². The fourth-order valence-corrected chi connectivity index (χ4v) is 2.01. The quantitative estimate of drug-likeness (QED) is 0.279. The zero-order valence-corrected chi connectivity index (χ0v) is 14.1. The average molecular weight is 304 g/mol. The van der Waals surface area contributed by atoms with Crippen LogP contribution in [0.25, 0.3) is 0 Å². The van der Waals surface area contributed by atoms with Gasteiger partial charge in [0.15, 0.2) is 5.25 Å². The molecule has 0 aromatic heterocycles. The van der Waals surface area contributed by atoms with Gasteiger partial charge in [0.25, 0.3) is 10.1 Å². The van der Waals surface area contributed by atoms with Crippen molar-refractivity contribution in [1.29, 1.82) is 0 Å². The van der Waals surface area contributed by atoms with Crippen LogP contribution in [0.4, 0.5) is 0 Å². The number of carboxylic acids is 1. The molecule has 0 heterocycles. The molecule has 0 rings (SSSR count). The molecule has 106 valence electrons. The van der Waals surface area contributed by atoms with E-state index >= 15 is 0 Å². The van der Waals surface area contributed by atoms with Crippen molar-refractivity contribution >= 4 is 22.1 Å². The predicted octanol–water partition coefficient (Wildman–Crippen LogP) is -3.63. The number of rotatable bonds is 8. The van der Waals surface area contributed by atoms with E-state index in [1.165, 1.54) is 0 Å². The van der Waals surface area contributed by atoms with Crippen LogP contribution in [-0.4, -0.2) is 36.8 Å². The summed E-state index contributed by atoms with van der Waals surface area (Å²) in [6.45, 7) is 3.72. The minimum absolute atomic E-state index is 0. The maximum absolute atomic E-state index is 11.4. The summed E-state index contributed by atoms with van der Waals surface area (Å²) in [5, 5.41) is 8.18. The van der Waals surface area contributed by atoms with Crippen molar-refractivity contribution in [3.63, 3.8) is 0 Å². The molecule has 0 aliphatic heterocycles. The minimum Gasteiger partial charge on any atom is -0.550 e. The summed E-state index contributed by atoms with van der Waals surface area (Å²) in [6, 6.07) is 0. The van der Waals surface area contributed by atoms with Gasteiger partial charge in [-0.3, -0.25) is 9.35 Å². The zero-order valence-electron chi connectivity index (χ0n) is 11.3. The monoisotopic (exact) mass is 304 g/mol. The summed E-state index contributed by atoms with van der Waals surface area (Å²) in [5.41, 5.74) is 0. The van der Waals surface area contributed by atoms with Gasteiger partial charge in [-0.25, -0.2) is 0 Å². The summed E-state index contributed by atoms with van der Waals surface area (Å²) < 4.78 is 35.1. The van der Waals surface area contributed by atoms with E-state index in [1.807, 2.05) is 6.92 Å². The molecular formula is C10H17NaO7S. The Kier molecular flexibility index (Phi) is 10.8. The van der Waals surface area contributed by atoms with Crippen LogP contribution in [0.3, 0.4) is 0 Å². The first-order valence-electron chi connectivity index (χ1n) is 5.51. The Morgan fingerprint density at radius 2 is 1.89 bits per heavy atom. The molecule has 0 aliphatic carbocycles. The van der Waals surface area contributed by atoms with Crippen LogP contribution >= 0.6 is 0 Å². The molecule has 2 atom stereocenters. The van der Waals surface area contributed by atoms with Crippen LogP contribution in [0.15, 0.2) is 0 Å². The largest absolute Gasteiger partial charge is 1.00 e. The Hall–Kier alpha value is -0.150. The standard InChI is InChI=1S/C10H18O7S.Na/c1-3-4-7(2)6-17-10(13)8(5-9(11)12)18(14,15)16;/h7-8H,3-6H2,1-2H3,(H,11,12)(H,14,15,16);/q;+1/p-1. The van der Waals surface area contributed by atoms with Gasteiger partial charge in [-0.15, -0.1) is 0 Å². The SMILES string of the molecule is CCCC(C)COC(=O)C(CC(=O)[O-])S(=O)(=O)O.[Na+]. The number of esters is 1. The fourth-order valence-electron chi connectivity index (χ4n) is 1.36. The maximum Gasteiger partial charge on any atom is 1.00 e. The topological polar surface area (TPSA) is 121 Å². The van der Waals surface area contributed by atoms with Gasteiger partial charge in [-0.2, -0.15) is 8.42 Å². The minimum atomic E-state index is -4.81. The Balaban J connectivity index is 0. The average Bonchev–Trinajstić information content (AvgIpc) is 2.21. The van der Waals surface area contributed by atoms with Crippen molar-refractivity contribution in [3.05, 3.63) is 0 Å². The van der Waals surface area contributed by atoms with Crippen molar-refractivity contribution in [2.45, 2.75) is 38.4 Å². The molecule has 0 saturated carbocycles. The van der Waals surface area contributed by atoms with Gasteiger partial charge < -0.3 is 14.6 Å². The molecule has 19 heavy (non-hydrogen) atoms. The Morgan fingerprint density at radius 1 is 1.37 bits per heavy atom. The molecular weight excluding hydrogens is 287 g/mol. The number of hydrogen-bond donors (Lipinski definition) is 1. The Bertz CT molecular complexity index is 393. The summed E-state index contributed by atoms with van der Waals surface area (Å²) in [4.78, 5) is 21.7. The third-order valence-electron chi connectivity index (χ3n) is 2.27. The van der Waals surface area contributed by atoms with Crippen LogP contribution in [0.2, 0.25) is 0 Å². The third-order valence-corrected chi connectivity index (χ3v) is 3.34. The second kappa shape index (κ2) is 9.71. The predicted molar refractivity (Wildman–Crippen MR) is 60.0 cm³/mol. The first-order chi connectivity index (χ1) is 8.18. The molecule has 9 heteroatoms. The van der Waals surface area contributed by atoms with Crippen LogP contribution in [0.1, 0.15) is 33.1 Å².